The van der Waals surface area contributed by atoms with Gasteiger partial charge in [0.05, 0.1) is 37.9 Å². The van der Waals surface area contributed by atoms with E-state index in [9.17, 15) is 4.79 Å². The summed E-state index contributed by atoms with van der Waals surface area (Å²) in [6.45, 7) is 8.17. The van der Waals surface area contributed by atoms with Crippen molar-refractivity contribution < 1.29 is 14.3 Å². The van der Waals surface area contributed by atoms with E-state index in [0.717, 1.165) is 62.4 Å². The average molecular weight is 495 g/mol. The van der Waals surface area contributed by atoms with E-state index < -0.39 is 0 Å². The van der Waals surface area contributed by atoms with Gasteiger partial charge in [0, 0.05) is 37.6 Å². The van der Waals surface area contributed by atoms with Crippen molar-refractivity contribution in [1.29, 1.82) is 0 Å². The molecule has 1 amide bonds. The van der Waals surface area contributed by atoms with E-state index in [4.69, 9.17) is 9.47 Å². The molecule has 2 aromatic carbocycles. The third-order valence-corrected chi connectivity index (χ3v) is 6.99. The van der Waals surface area contributed by atoms with Gasteiger partial charge in [-0.1, -0.05) is 29.5 Å². The van der Waals surface area contributed by atoms with Gasteiger partial charge in [0.2, 0.25) is 11.9 Å². The average Bonchev–Trinajstić information content (AvgIpc) is 3.33. The number of carbonyl (C=O) groups is 1. The molecule has 0 bridgehead atoms. The molecule has 1 aromatic heterocycles. The lowest BCUT2D eigenvalue weighted by Gasteiger charge is -2.28. The second kappa shape index (κ2) is 11.1. The first-order valence-corrected chi connectivity index (χ1v) is 12.9. The minimum Gasteiger partial charge on any atom is -0.378 e. The standard InChI is InChI=1S/C25H30N6O3S/c1-19-2-6-22(7-3-19)31-24(30-12-16-34-17-13-30)27-28-25(31)35-18-23(32)26-20-4-8-21(9-5-20)29-10-14-33-15-11-29/h2-9H,10-18H2,1H3,(H,26,32). The van der Waals surface area contributed by atoms with Crippen LogP contribution in [0.3, 0.4) is 0 Å². The first kappa shape index (κ1) is 23.7. The Morgan fingerprint density at radius 1 is 0.857 bits per heavy atom. The molecule has 2 aliphatic heterocycles. The molecule has 35 heavy (non-hydrogen) atoms. The monoisotopic (exact) mass is 494 g/mol. The first-order valence-electron chi connectivity index (χ1n) is 11.9. The molecule has 0 aliphatic carbocycles. The number of carbonyl (C=O) groups excluding carboxylic acids is 1. The zero-order chi connectivity index (χ0) is 24.0. The van der Waals surface area contributed by atoms with Crippen molar-refractivity contribution in [3.05, 3.63) is 54.1 Å². The minimum atomic E-state index is -0.0829. The van der Waals surface area contributed by atoms with Gasteiger partial charge in [0.25, 0.3) is 0 Å². The Balaban J connectivity index is 1.26. The molecule has 10 heteroatoms. The second-order valence-electron chi connectivity index (χ2n) is 8.54. The number of morpholine rings is 2. The van der Waals surface area contributed by atoms with Crippen LogP contribution in [0.25, 0.3) is 5.69 Å². The van der Waals surface area contributed by atoms with Gasteiger partial charge in [-0.15, -0.1) is 10.2 Å². The third kappa shape index (κ3) is 5.77. The number of amides is 1. The van der Waals surface area contributed by atoms with Crippen molar-refractivity contribution >= 4 is 35.0 Å². The number of nitrogens with zero attached hydrogens (tertiary/aromatic N) is 5. The number of ether oxygens (including phenoxy) is 2. The van der Waals surface area contributed by atoms with Gasteiger partial charge in [0.15, 0.2) is 5.16 Å². The fourth-order valence-corrected chi connectivity index (χ4v) is 4.90. The number of nitrogens with one attached hydrogen (secondary N) is 1. The third-order valence-electron chi connectivity index (χ3n) is 6.06. The van der Waals surface area contributed by atoms with E-state index in [1.807, 2.05) is 28.8 Å². The summed E-state index contributed by atoms with van der Waals surface area (Å²) in [6, 6.07) is 16.2. The van der Waals surface area contributed by atoms with Crippen LogP contribution in [0.2, 0.25) is 0 Å². The lowest BCUT2D eigenvalue weighted by molar-refractivity contribution is -0.113. The quantitative estimate of drug-likeness (QED) is 0.502. The summed E-state index contributed by atoms with van der Waals surface area (Å²) in [4.78, 5) is 17.2. The molecule has 0 radical (unpaired) electrons. The van der Waals surface area contributed by atoms with E-state index in [1.165, 1.54) is 17.3 Å². The van der Waals surface area contributed by atoms with Crippen LogP contribution in [0, 0.1) is 6.92 Å². The predicted molar refractivity (Wildman–Crippen MR) is 138 cm³/mol. The zero-order valence-corrected chi connectivity index (χ0v) is 20.7. The van der Waals surface area contributed by atoms with E-state index in [2.05, 4.69) is 56.5 Å². The Morgan fingerprint density at radius 3 is 2.11 bits per heavy atom. The van der Waals surface area contributed by atoms with Gasteiger partial charge in [-0.2, -0.15) is 0 Å². The maximum absolute atomic E-state index is 12.7. The van der Waals surface area contributed by atoms with Crippen LogP contribution >= 0.6 is 11.8 Å². The molecule has 1 N–H and O–H groups in total. The number of anilines is 3. The van der Waals surface area contributed by atoms with Crippen molar-refractivity contribution in [2.75, 3.05) is 73.5 Å². The SMILES string of the molecule is Cc1ccc(-n2c(SCC(=O)Nc3ccc(N4CCOCC4)cc3)nnc2N2CCOCC2)cc1. The molecule has 0 saturated carbocycles. The van der Waals surface area contributed by atoms with E-state index in [-0.39, 0.29) is 11.7 Å². The van der Waals surface area contributed by atoms with Gasteiger partial charge >= 0.3 is 0 Å². The molecular formula is C25H30N6O3S. The largest absolute Gasteiger partial charge is 0.378 e. The van der Waals surface area contributed by atoms with Crippen molar-refractivity contribution in [2.45, 2.75) is 12.1 Å². The van der Waals surface area contributed by atoms with E-state index >= 15 is 0 Å². The van der Waals surface area contributed by atoms with Crippen molar-refractivity contribution in [3.63, 3.8) is 0 Å². The second-order valence-corrected chi connectivity index (χ2v) is 9.48. The topological polar surface area (TPSA) is 84.8 Å². The Hall–Kier alpha value is -3.08. The number of rotatable bonds is 7. The van der Waals surface area contributed by atoms with Gasteiger partial charge in [-0.05, 0) is 43.3 Å². The Bertz CT molecular complexity index is 1120. The summed E-state index contributed by atoms with van der Waals surface area (Å²) < 4.78 is 12.9. The number of benzene rings is 2. The molecule has 2 fully saturated rings. The summed E-state index contributed by atoms with van der Waals surface area (Å²) in [5, 5.41) is 12.6. The fraction of sp³-hybridized carbons (Fsp3) is 0.400. The van der Waals surface area contributed by atoms with Crippen LogP contribution in [0.15, 0.2) is 53.7 Å². The normalized spacial score (nSPS) is 16.4. The zero-order valence-electron chi connectivity index (χ0n) is 19.9. The van der Waals surface area contributed by atoms with Crippen molar-refractivity contribution in [3.8, 4) is 5.69 Å². The summed E-state index contributed by atoms with van der Waals surface area (Å²) in [6.07, 6.45) is 0. The van der Waals surface area contributed by atoms with Gasteiger partial charge in [-0.3, -0.25) is 9.36 Å². The fourth-order valence-electron chi connectivity index (χ4n) is 4.15. The summed E-state index contributed by atoms with van der Waals surface area (Å²) in [5.74, 6) is 0.928. The molecule has 9 nitrogen and oxygen atoms in total. The lowest BCUT2D eigenvalue weighted by atomic mass is 10.2. The highest BCUT2D eigenvalue weighted by Crippen LogP contribution is 2.28. The van der Waals surface area contributed by atoms with Crippen LogP contribution in [-0.4, -0.2) is 79.0 Å². The van der Waals surface area contributed by atoms with Crippen LogP contribution in [-0.2, 0) is 14.3 Å². The van der Waals surface area contributed by atoms with Gasteiger partial charge in [-0.25, -0.2) is 0 Å². The van der Waals surface area contributed by atoms with Crippen LogP contribution < -0.4 is 15.1 Å². The molecule has 0 spiro atoms. The molecule has 2 saturated heterocycles. The molecule has 3 heterocycles. The number of aryl methyl sites for hydroxylation is 1. The number of hydrogen-bond donors (Lipinski definition) is 1. The van der Waals surface area contributed by atoms with Crippen LogP contribution in [0.1, 0.15) is 5.56 Å². The summed E-state index contributed by atoms with van der Waals surface area (Å²) in [7, 11) is 0. The maximum Gasteiger partial charge on any atom is 0.234 e. The number of thioether (sulfide) groups is 1. The Kier molecular flexibility index (Phi) is 7.51. The van der Waals surface area contributed by atoms with Crippen LogP contribution in [0.4, 0.5) is 17.3 Å². The van der Waals surface area contributed by atoms with Crippen LogP contribution in [0.5, 0.6) is 0 Å². The highest BCUT2D eigenvalue weighted by Gasteiger charge is 2.22. The van der Waals surface area contributed by atoms with Crippen molar-refractivity contribution in [1.82, 2.24) is 14.8 Å². The summed E-state index contributed by atoms with van der Waals surface area (Å²) in [5.41, 5.74) is 4.08. The van der Waals surface area contributed by atoms with Gasteiger partial charge in [0.1, 0.15) is 0 Å². The molecule has 184 valence electrons. The number of hydrogen-bond acceptors (Lipinski definition) is 8. The lowest BCUT2D eigenvalue weighted by Crippen LogP contribution is -2.37. The first-order chi connectivity index (χ1) is 17.2. The summed E-state index contributed by atoms with van der Waals surface area (Å²) >= 11 is 1.38. The van der Waals surface area contributed by atoms with Gasteiger partial charge < -0.3 is 24.6 Å². The van der Waals surface area contributed by atoms with E-state index in [1.54, 1.807) is 0 Å². The molecule has 0 unspecified atom stereocenters. The minimum absolute atomic E-state index is 0.0829. The highest BCUT2D eigenvalue weighted by molar-refractivity contribution is 7.99. The maximum atomic E-state index is 12.7. The molecular weight excluding hydrogens is 464 g/mol. The predicted octanol–water partition coefficient (Wildman–Crippen LogP) is 2.98. The number of aromatic nitrogens is 3. The molecule has 2 aliphatic rings. The molecule has 5 rings (SSSR count). The Labute approximate surface area is 209 Å². The Morgan fingerprint density at radius 2 is 1.46 bits per heavy atom. The van der Waals surface area contributed by atoms with Crippen molar-refractivity contribution in [2.24, 2.45) is 0 Å². The molecule has 0 atom stereocenters. The smallest absolute Gasteiger partial charge is 0.234 e. The molecule has 3 aromatic rings. The highest BCUT2D eigenvalue weighted by atomic mass is 32.2. The van der Waals surface area contributed by atoms with E-state index in [0.29, 0.717) is 18.4 Å².